The maximum absolute atomic E-state index is 12.1. The molecule has 2 aromatic carbocycles. The third-order valence-corrected chi connectivity index (χ3v) is 4.00. The average Bonchev–Trinajstić information content (AvgIpc) is 2.49. The first-order chi connectivity index (χ1) is 9.99. The highest BCUT2D eigenvalue weighted by atomic mass is 79.9. The van der Waals surface area contributed by atoms with Crippen LogP contribution in [0.2, 0.25) is 5.02 Å². The van der Waals surface area contributed by atoms with E-state index in [9.17, 15) is 14.9 Å². The molecule has 1 N–H and O–H groups in total. The van der Waals surface area contributed by atoms with Gasteiger partial charge in [-0.3, -0.25) is 14.9 Å². The molecule has 5 nitrogen and oxygen atoms in total. The third kappa shape index (κ3) is 3.80. The zero-order valence-corrected chi connectivity index (χ0v) is 13.0. The zero-order valence-electron chi connectivity index (χ0n) is 10.6. The fourth-order valence-corrected chi connectivity index (χ4v) is 2.32. The van der Waals surface area contributed by atoms with Crippen LogP contribution in [0, 0.1) is 10.1 Å². The van der Waals surface area contributed by atoms with Crippen LogP contribution in [0.4, 0.5) is 11.4 Å². The molecule has 1 amide bonds. The largest absolute Gasteiger partial charge is 0.325 e. The van der Waals surface area contributed by atoms with Crippen LogP contribution >= 0.6 is 27.5 Å². The van der Waals surface area contributed by atoms with Gasteiger partial charge in [0.25, 0.3) is 5.69 Å². The molecule has 0 saturated heterocycles. The van der Waals surface area contributed by atoms with Crippen LogP contribution in [-0.4, -0.2) is 10.8 Å². The monoisotopic (exact) mass is 368 g/mol. The van der Waals surface area contributed by atoms with Crippen LogP contribution < -0.4 is 5.32 Å². The molecular formula is C14H10BrClN2O3. The molecule has 2 rings (SSSR count). The van der Waals surface area contributed by atoms with E-state index in [1.807, 2.05) is 30.3 Å². The molecule has 2 aromatic rings. The number of hydrogen-bond acceptors (Lipinski definition) is 3. The molecule has 108 valence electrons. The molecule has 7 heteroatoms. The van der Waals surface area contributed by atoms with E-state index in [1.54, 1.807) is 0 Å². The van der Waals surface area contributed by atoms with Crippen LogP contribution in [0.25, 0.3) is 0 Å². The molecule has 0 bridgehead atoms. The van der Waals surface area contributed by atoms with Gasteiger partial charge in [-0.15, -0.1) is 0 Å². The van der Waals surface area contributed by atoms with Crippen LogP contribution in [0.1, 0.15) is 10.4 Å². The first kappa shape index (κ1) is 15.5. The topological polar surface area (TPSA) is 72.2 Å². The number of carbonyl (C=O) groups is 1. The van der Waals surface area contributed by atoms with Gasteiger partial charge in [-0.05, 0) is 17.7 Å². The quantitative estimate of drug-likeness (QED) is 0.495. The zero-order chi connectivity index (χ0) is 15.4. The molecule has 0 radical (unpaired) electrons. The standard InChI is InChI=1S/C14H10BrClN2O3/c15-13(9-4-2-1-3-5-9)14(19)17-10-6-7-11(16)12(8-10)18(20)21/h1-8,13H,(H,17,19)/t13-/m1/s1. The number of carbonyl (C=O) groups excluding carboxylic acids is 1. The highest BCUT2D eigenvalue weighted by molar-refractivity contribution is 9.09. The second kappa shape index (κ2) is 6.69. The van der Waals surface area contributed by atoms with Crippen molar-refractivity contribution in [3.63, 3.8) is 0 Å². The molecule has 0 aliphatic carbocycles. The van der Waals surface area contributed by atoms with Crippen molar-refractivity contribution in [1.82, 2.24) is 0 Å². The van der Waals surface area contributed by atoms with Gasteiger partial charge in [-0.1, -0.05) is 57.9 Å². The summed E-state index contributed by atoms with van der Waals surface area (Å²) < 4.78 is 0. The van der Waals surface area contributed by atoms with Gasteiger partial charge >= 0.3 is 0 Å². The molecule has 0 unspecified atom stereocenters. The number of anilines is 1. The summed E-state index contributed by atoms with van der Waals surface area (Å²) >= 11 is 9.02. The van der Waals surface area contributed by atoms with Gasteiger partial charge in [-0.2, -0.15) is 0 Å². The summed E-state index contributed by atoms with van der Waals surface area (Å²) in [5, 5.41) is 13.5. The Labute approximate surface area is 134 Å². The van der Waals surface area contributed by atoms with E-state index in [0.717, 1.165) is 5.56 Å². The average molecular weight is 370 g/mol. The molecule has 0 aliphatic heterocycles. The number of benzene rings is 2. The summed E-state index contributed by atoms with van der Waals surface area (Å²) in [4.78, 5) is 21.8. The lowest BCUT2D eigenvalue weighted by Gasteiger charge is -2.11. The summed E-state index contributed by atoms with van der Waals surface area (Å²) in [6.45, 7) is 0. The van der Waals surface area contributed by atoms with Gasteiger partial charge in [0.2, 0.25) is 5.91 Å². The predicted octanol–water partition coefficient (Wildman–Crippen LogP) is 4.32. The number of amides is 1. The van der Waals surface area contributed by atoms with Gasteiger partial charge in [0.15, 0.2) is 0 Å². The number of rotatable bonds is 4. The van der Waals surface area contributed by atoms with Crippen molar-refractivity contribution >= 4 is 44.8 Å². The van der Waals surface area contributed by atoms with E-state index in [1.165, 1.54) is 18.2 Å². The molecule has 0 saturated carbocycles. The van der Waals surface area contributed by atoms with Crippen LogP contribution in [0.15, 0.2) is 48.5 Å². The minimum Gasteiger partial charge on any atom is -0.325 e. The summed E-state index contributed by atoms with van der Waals surface area (Å²) in [6.07, 6.45) is 0. The van der Waals surface area contributed by atoms with Crippen molar-refractivity contribution in [3.05, 3.63) is 69.2 Å². The van der Waals surface area contributed by atoms with Crippen LogP contribution in [0.3, 0.4) is 0 Å². The molecule has 0 aliphatic rings. The van der Waals surface area contributed by atoms with Crippen molar-refractivity contribution in [2.24, 2.45) is 0 Å². The van der Waals surface area contributed by atoms with Gasteiger partial charge in [0, 0.05) is 11.8 Å². The highest BCUT2D eigenvalue weighted by Crippen LogP contribution is 2.29. The Morgan fingerprint density at radius 3 is 2.52 bits per heavy atom. The Kier molecular flexibility index (Phi) is 4.93. The maximum atomic E-state index is 12.1. The number of nitro groups is 1. The fourth-order valence-electron chi connectivity index (χ4n) is 1.71. The lowest BCUT2D eigenvalue weighted by Crippen LogP contribution is -2.17. The van der Waals surface area contributed by atoms with Crippen molar-refractivity contribution < 1.29 is 9.72 Å². The predicted molar refractivity (Wildman–Crippen MR) is 84.8 cm³/mol. The maximum Gasteiger partial charge on any atom is 0.289 e. The number of nitrogens with zero attached hydrogens (tertiary/aromatic N) is 1. The van der Waals surface area contributed by atoms with Gasteiger partial charge in [0.1, 0.15) is 9.85 Å². The summed E-state index contributed by atoms with van der Waals surface area (Å²) in [6, 6.07) is 13.2. The van der Waals surface area contributed by atoms with Crippen LogP contribution in [-0.2, 0) is 4.79 Å². The van der Waals surface area contributed by atoms with Crippen molar-refractivity contribution in [2.45, 2.75) is 4.83 Å². The second-order valence-corrected chi connectivity index (χ2v) is 5.51. The fraction of sp³-hybridized carbons (Fsp3) is 0.0714. The van der Waals surface area contributed by atoms with E-state index in [4.69, 9.17) is 11.6 Å². The summed E-state index contributed by atoms with van der Waals surface area (Å²) in [7, 11) is 0. The van der Waals surface area contributed by atoms with Crippen molar-refractivity contribution in [2.75, 3.05) is 5.32 Å². The van der Waals surface area contributed by atoms with Crippen molar-refractivity contribution in [1.29, 1.82) is 0 Å². The molecule has 0 spiro atoms. The minimum atomic E-state index is -0.596. The van der Waals surface area contributed by atoms with E-state index in [0.29, 0.717) is 5.69 Å². The van der Waals surface area contributed by atoms with Gasteiger partial charge in [0.05, 0.1) is 4.92 Å². The lowest BCUT2D eigenvalue weighted by atomic mass is 10.1. The molecule has 0 heterocycles. The lowest BCUT2D eigenvalue weighted by molar-refractivity contribution is -0.384. The van der Waals surface area contributed by atoms with E-state index in [2.05, 4.69) is 21.2 Å². The Bertz CT molecular complexity index is 679. The van der Waals surface area contributed by atoms with E-state index in [-0.39, 0.29) is 16.6 Å². The number of nitrogens with one attached hydrogen (secondary N) is 1. The third-order valence-electron chi connectivity index (χ3n) is 2.73. The Morgan fingerprint density at radius 2 is 1.90 bits per heavy atom. The van der Waals surface area contributed by atoms with Crippen LogP contribution in [0.5, 0.6) is 0 Å². The number of nitro benzene ring substituents is 1. The highest BCUT2D eigenvalue weighted by Gasteiger charge is 2.19. The Hall–Kier alpha value is -1.92. The number of hydrogen-bond donors (Lipinski definition) is 1. The minimum absolute atomic E-state index is 0.0245. The smallest absolute Gasteiger partial charge is 0.289 e. The van der Waals surface area contributed by atoms with Gasteiger partial charge < -0.3 is 5.32 Å². The molecular weight excluding hydrogens is 360 g/mol. The van der Waals surface area contributed by atoms with Gasteiger partial charge in [-0.25, -0.2) is 0 Å². The number of halogens is 2. The summed E-state index contributed by atoms with van der Waals surface area (Å²) in [5.74, 6) is -0.321. The van der Waals surface area contributed by atoms with E-state index < -0.39 is 9.75 Å². The number of alkyl halides is 1. The molecule has 1 atom stereocenters. The normalized spacial score (nSPS) is 11.7. The van der Waals surface area contributed by atoms with Crippen molar-refractivity contribution in [3.8, 4) is 0 Å². The summed E-state index contributed by atoms with van der Waals surface area (Å²) in [5.41, 5.74) is 0.857. The Balaban J connectivity index is 2.16. The molecule has 0 fully saturated rings. The Morgan fingerprint density at radius 1 is 1.24 bits per heavy atom. The van der Waals surface area contributed by atoms with E-state index >= 15 is 0 Å². The molecule has 21 heavy (non-hydrogen) atoms. The SMILES string of the molecule is O=C(Nc1ccc(Cl)c([N+](=O)[O-])c1)[C@H](Br)c1ccccc1. The first-order valence-electron chi connectivity index (χ1n) is 5.93. The molecule has 0 aromatic heterocycles. The first-order valence-corrected chi connectivity index (χ1v) is 7.22. The second-order valence-electron chi connectivity index (χ2n) is 4.19.